The molecule has 1 aromatic heterocycles. The molecule has 13 nitrogen and oxygen atoms in total. The third kappa shape index (κ3) is 8.55. The molecule has 0 bridgehead atoms. The summed E-state index contributed by atoms with van der Waals surface area (Å²) in [5.41, 5.74) is 6.58. The Morgan fingerprint density at radius 3 is 2.31 bits per heavy atom. The number of hydrogen-bond acceptors (Lipinski definition) is 8. The number of nitrogens with one attached hydrogen (secondary N) is 1. The second kappa shape index (κ2) is 17.7. The third-order valence-electron chi connectivity index (χ3n) is 12.5. The van der Waals surface area contributed by atoms with E-state index in [1.165, 1.54) is 9.13 Å². The zero-order valence-electron chi connectivity index (χ0n) is 35.9. The Bertz CT molecular complexity index is 2580. The number of carbonyl (C=O) groups excluding carboxylic acids is 4. The van der Waals surface area contributed by atoms with E-state index in [2.05, 4.69) is 29.4 Å². The Hall–Kier alpha value is -6.08. The van der Waals surface area contributed by atoms with Gasteiger partial charge in [0.05, 0.1) is 36.7 Å². The van der Waals surface area contributed by atoms with E-state index < -0.39 is 18.0 Å². The summed E-state index contributed by atoms with van der Waals surface area (Å²) in [5.74, 6) is 0.937. The monoisotopic (exact) mass is 860 g/mol. The summed E-state index contributed by atoms with van der Waals surface area (Å²) in [5, 5.41) is 2.96. The summed E-state index contributed by atoms with van der Waals surface area (Å²) in [6, 6.07) is 24.2. The molecular weight excluding hydrogens is 808 g/mol. The van der Waals surface area contributed by atoms with Gasteiger partial charge in [-0.05, 0) is 128 Å². The van der Waals surface area contributed by atoms with Crippen LogP contribution in [-0.2, 0) is 39.1 Å². The number of rotatable bonds is 12. The maximum absolute atomic E-state index is 14.0. The smallest absolute Gasteiger partial charge is 0.329 e. The van der Waals surface area contributed by atoms with Crippen molar-refractivity contribution in [1.29, 1.82) is 0 Å². The van der Waals surface area contributed by atoms with Gasteiger partial charge in [-0.15, -0.1) is 0 Å². The van der Waals surface area contributed by atoms with Gasteiger partial charge in [-0.25, -0.2) is 4.79 Å². The molecular formula is C48H53ClN6O7. The highest BCUT2D eigenvalue weighted by atomic mass is 35.5. The van der Waals surface area contributed by atoms with Crippen molar-refractivity contribution in [2.45, 2.75) is 77.0 Å². The van der Waals surface area contributed by atoms with Gasteiger partial charge in [0.25, 0.3) is 0 Å². The van der Waals surface area contributed by atoms with Crippen LogP contribution in [0.5, 0.6) is 11.5 Å². The molecule has 0 spiro atoms. The number of fused-ring (bicyclic) bond motifs is 2. The maximum atomic E-state index is 14.0. The number of piperidine rings is 2. The minimum atomic E-state index is -0.740. The lowest BCUT2D eigenvalue weighted by atomic mass is 9.86. The number of hydrogen-bond donors (Lipinski definition) is 1. The van der Waals surface area contributed by atoms with Gasteiger partial charge in [0, 0.05) is 63.0 Å². The lowest BCUT2D eigenvalue weighted by Gasteiger charge is -2.38. The highest BCUT2D eigenvalue weighted by molar-refractivity contribution is 6.30. The van der Waals surface area contributed by atoms with E-state index >= 15 is 0 Å². The van der Waals surface area contributed by atoms with Crippen molar-refractivity contribution in [2.24, 2.45) is 13.0 Å². The zero-order valence-corrected chi connectivity index (χ0v) is 36.6. The minimum absolute atomic E-state index is 0.0193. The van der Waals surface area contributed by atoms with Crippen LogP contribution in [0.2, 0.25) is 5.02 Å². The van der Waals surface area contributed by atoms with Crippen molar-refractivity contribution in [2.75, 3.05) is 43.6 Å². The minimum Gasteiger partial charge on any atom is -0.493 e. The molecule has 4 heterocycles. The average molecular weight is 861 g/mol. The van der Waals surface area contributed by atoms with E-state index in [1.54, 1.807) is 14.2 Å². The molecule has 1 unspecified atom stereocenters. The topological polar surface area (TPSA) is 135 Å². The molecule has 2 fully saturated rings. The highest BCUT2D eigenvalue weighted by Gasteiger charge is 2.37. The van der Waals surface area contributed by atoms with Crippen LogP contribution >= 0.6 is 11.6 Å². The molecule has 4 amide bonds. The van der Waals surface area contributed by atoms with E-state index in [1.807, 2.05) is 90.4 Å². The predicted octanol–water partition coefficient (Wildman–Crippen LogP) is 6.75. The van der Waals surface area contributed by atoms with Gasteiger partial charge in [0.2, 0.25) is 23.6 Å². The van der Waals surface area contributed by atoms with Crippen molar-refractivity contribution in [3.05, 3.63) is 117 Å². The largest absolute Gasteiger partial charge is 0.493 e. The van der Waals surface area contributed by atoms with Crippen LogP contribution in [0.4, 0.5) is 11.4 Å². The first-order valence-corrected chi connectivity index (χ1v) is 21.7. The predicted molar refractivity (Wildman–Crippen MR) is 239 cm³/mol. The Kier molecular flexibility index (Phi) is 12.2. The fraction of sp³-hybridized carbons (Fsp3) is 0.396. The van der Waals surface area contributed by atoms with Gasteiger partial charge in [-0.2, -0.15) is 0 Å². The molecule has 324 valence electrons. The first kappa shape index (κ1) is 42.6. The van der Waals surface area contributed by atoms with E-state index in [9.17, 15) is 24.0 Å². The Balaban J connectivity index is 0.890. The van der Waals surface area contributed by atoms with Gasteiger partial charge in [0.1, 0.15) is 6.04 Å². The van der Waals surface area contributed by atoms with Gasteiger partial charge in [0.15, 0.2) is 11.5 Å². The zero-order chi connectivity index (χ0) is 43.8. The number of benzene rings is 4. The Morgan fingerprint density at radius 1 is 0.903 bits per heavy atom. The number of imide groups is 1. The highest BCUT2D eigenvalue weighted by Crippen LogP contribution is 2.44. The summed E-state index contributed by atoms with van der Waals surface area (Å²) < 4.78 is 14.8. The quantitative estimate of drug-likeness (QED) is 0.136. The van der Waals surface area contributed by atoms with Crippen molar-refractivity contribution in [3.8, 4) is 11.5 Å². The molecule has 1 N–H and O–H groups in total. The number of amides is 4. The van der Waals surface area contributed by atoms with Crippen molar-refractivity contribution >= 4 is 57.6 Å². The summed E-state index contributed by atoms with van der Waals surface area (Å²) in [6.45, 7) is 6.17. The summed E-state index contributed by atoms with van der Waals surface area (Å²) in [7, 11) is 5.37. The lowest BCUT2D eigenvalue weighted by Crippen LogP contribution is -2.44. The number of halogens is 1. The molecule has 14 heteroatoms. The van der Waals surface area contributed by atoms with Crippen LogP contribution in [0.15, 0.2) is 83.7 Å². The fourth-order valence-electron chi connectivity index (χ4n) is 9.26. The number of aryl methyl sites for hydroxylation is 2. The van der Waals surface area contributed by atoms with Gasteiger partial charge in [-0.3, -0.25) is 33.6 Å². The number of nitrogens with zero attached hydrogens (tertiary/aromatic N) is 5. The SMILES string of the molecule is COc1cc2c(cc1OC(C)C)[C@H](c1ccc(Cl)cc1)N(c1ccc(N(C)CC3CCN(C(=O)CCc4ccc5c(c4)n(C)c(=O)n5C4CCC(=O)NC4=O)CC3)cc1)C(=O)C2. The van der Waals surface area contributed by atoms with Crippen LogP contribution in [-0.4, -0.2) is 77.6 Å². The lowest BCUT2D eigenvalue weighted by molar-refractivity contribution is -0.136. The number of carbonyl (C=O) groups is 4. The molecule has 0 radical (unpaired) electrons. The van der Waals surface area contributed by atoms with Crippen LogP contribution in [0.1, 0.15) is 80.3 Å². The number of aromatic nitrogens is 2. The molecule has 5 aromatic rings. The number of imidazole rings is 1. The fourth-order valence-corrected chi connectivity index (χ4v) is 9.38. The first-order chi connectivity index (χ1) is 29.8. The van der Waals surface area contributed by atoms with Crippen LogP contribution < -0.4 is 30.3 Å². The van der Waals surface area contributed by atoms with Gasteiger partial charge < -0.3 is 24.2 Å². The Labute approximate surface area is 366 Å². The summed E-state index contributed by atoms with van der Waals surface area (Å²) in [6.07, 6.45) is 3.30. The van der Waals surface area contributed by atoms with Crippen molar-refractivity contribution in [1.82, 2.24) is 19.4 Å². The summed E-state index contributed by atoms with van der Waals surface area (Å²) >= 11 is 6.31. The molecule has 4 aromatic carbocycles. The molecule has 3 aliphatic rings. The number of methoxy groups -OCH3 is 1. The Morgan fingerprint density at radius 2 is 1.63 bits per heavy atom. The summed E-state index contributed by atoms with van der Waals surface area (Å²) in [4.78, 5) is 70.9. The molecule has 2 saturated heterocycles. The number of likely N-dealkylation sites (tertiary alicyclic amines) is 1. The van der Waals surface area contributed by atoms with E-state index in [-0.39, 0.29) is 48.8 Å². The van der Waals surface area contributed by atoms with Crippen LogP contribution in [0.3, 0.4) is 0 Å². The number of anilines is 2. The molecule has 8 rings (SSSR count). The van der Waals surface area contributed by atoms with E-state index in [0.29, 0.717) is 59.4 Å². The van der Waals surface area contributed by atoms with Crippen molar-refractivity contribution < 1.29 is 28.7 Å². The number of ether oxygens (including phenoxy) is 2. The van der Waals surface area contributed by atoms with Crippen LogP contribution in [0, 0.1) is 5.92 Å². The van der Waals surface area contributed by atoms with Crippen molar-refractivity contribution in [3.63, 3.8) is 0 Å². The molecule has 3 aliphatic heterocycles. The normalized spacial score (nSPS) is 18.3. The molecule has 62 heavy (non-hydrogen) atoms. The van der Waals surface area contributed by atoms with Crippen LogP contribution in [0.25, 0.3) is 11.0 Å². The second-order valence-electron chi connectivity index (χ2n) is 17.0. The van der Waals surface area contributed by atoms with E-state index in [0.717, 1.165) is 53.0 Å². The van der Waals surface area contributed by atoms with E-state index in [4.69, 9.17) is 21.1 Å². The standard InChI is InChI=1S/C48H53ClN6O7/c1-29(2)62-42-27-37-33(25-41(42)61-5)26-45(58)54(46(37)32-8-10-34(49)11-9-32)36-14-12-35(13-15-36)51(3)28-31-20-22-53(23-21-31)44(57)19-7-30-6-16-38-40(24-30)52(4)48(60)55(38)39-17-18-43(56)50-47(39)59/h6,8-16,24-25,27,29,31,39,46H,7,17-23,26,28H2,1-5H3,(H,50,56,59)/t39?,46-/m0/s1. The molecule has 0 aliphatic carbocycles. The second-order valence-corrected chi connectivity index (χ2v) is 17.4. The molecule has 2 atom stereocenters. The average Bonchev–Trinajstić information content (AvgIpc) is 3.50. The van der Waals surface area contributed by atoms with Gasteiger partial charge >= 0.3 is 5.69 Å². The third-order valence-corrected chi connectivity index (χ3v) is 12.8. The first-order valence-electron chi connectivity index (χ1n) is 21.4. The van der Waals surface area contributed by atoms with Gasteiger partial charge in [-0.1, -0.05) is 29.8 Å². The molecule has 0 saturated carbocycles. The maximum Gasteiger partial charge on any atom is 0.329 e.